The van der Waals surface area contributed by atoms with E-state index >= 15 is 0 Å². The molecule has 2 nitrogen and oxygen atoms in total. The van der Waals surface area contributed by atoms with Crippen molar-refractivity contribution < 1.29 is 13.2 Å². The van der Waals surface area contributed by atoms with E-state index in [1.807, 2.05) is 20.8 Å². The molecule has 0 amide bonds. The molecular formula is C13H20ClF3N2. The van der Waals surface area contributed by atoms with E-state index in [2.05, 4.69) is 5.10 Å². The van der Waals surface area contributed by atoms with E-state index in [9.17, 15) is 13.2 Å². The molecule has 1 aromatic heterocycles. The van der Waals surface area contributed by atoms with Crippen molar-refractivity contribution in [2.24, 2.45) is 0 Å². The second kappa shape index (κ2) is 6.64. The fourth-order valence-corrected chi connectivity index (χ4v) is 2.43. The molecule has 0 bridgehead atoms. The van der Waals surface area contributed by atoms with E-state index in [4.69, 9.17) is 11.6 Å². The van der Waals surface area contributed by atoms with Gasteiger partial charge in [0.25, 0.3) is 0 Å². The number of hydrogen-bond acceptors (Lipinski definition) is 1. The molecule has 0 aliphatic rings. The van der Waals surface area contributed by atoms with Crippen molar-refractivity contribution in [3.63, 3.8) is 0 Å². The highest BCUT2D eigenvalue weighted by Crippen LogP contribution is 2.31. The predicted molar refractivity (Wildman–Crippen MR) is 70.5 cm³/mol. The third-order valence-corrected chi connectivity index (χ3v) is 3.65. The Kier molecular flexibility index (Phi) is 5.71. The zero-order valence-corrected chi connectivity index (χ0v) is 12.3. The first-order chi connectivity index (χ1) is 8.84. The first-order valence-corrected chi connectivity index (χ1v) is 7.06. The van der Waals surface area contributed by atoms with Crippen LogP contribution in [0.15, 0.2) is 0 Å². The zero-order valence-electron chi connectivity index (χ0n) is 11.5. The Balaban J connectivity index is 3.08. The lowest BCUT2D eigenvalue weighted by atomic mass is 10.0. The maximum absolute atomic E-state index is 12.3. The molecule has 0 spiro atoms. The van der Waals surface area contributed by atoms with Crippen molar-refractivity contribution in [3.8, 4) is 0 Å². The molecule has 110 valence electrons. The van der Waals surface area contributed by atoms with Gasteiger partial charge in [-0.15, -0.1) is 11.6 Å². The Morgan fingerprint density at radius 1 is 1.21 bits per heavy atom. The molecule has 1 aromatic rings. The maximum atomic E-state index is 12.3. The fourth-order valence-electron chi connectivity index (χ4n) is 2.18. The Bertz CT molecular complexity index is 413. The van der Waals surface area contributed by atoms with Gasteiger partial charge < -0.3 is 0 Å². The average Bonchev–Trinajstić information content (AvgIpc) is 2.72. The smallest absolute Gasteiger partial charge is 0.269 e. The van der Waals surface area contributed by atoms with E-state index in [1.165, 1.54) is 4.68 Å². The number of nitrogens with zero attached hydrogens (tertiary/aromatic N) is 2. The summed E-state index contributed by atoms with van der Waals surface area (Å²) >= 11 is 6.29. The van der Waals surface area contributed by atoms with Crippen molar-refractivity contribution in [2.45, 2.75) is 64.6 Å². The molecule has 0 saturated carbocycles. The molecular weight excluding hydrogens is 277 g/mol. The van der Waals surface area contributed by atoms with Crippen LogP contribution in [0.3, 0.4) is 0 Å². The molecule has 0 aromatic carbocycles. The number of rotatable bonds is 6. The van der Waals surface area contributed by atoms with Gasteiger partial charge in [0.15, 0.2) is 0 Å². The van der Waals surface area contributed by atoms with Crippen LogP contribution >= 0.6 is 11.6 Å². The molecule has 0 aliphatic heterocycles. The largest absolute Gasteiger partial charge is 0.390 e. The Hall–Kier alpha value is -0.710. The van der Waals surface area contributed by atoms with Gasteiger partial charge in [-0.3, -0.25) is 4.68 Å². The minimum atomic E-state index is -4.16. The first kappa shape index (κ1) is 16.3. The molecule has 1 unspecified atom stereocenters. The summed E-state index contributed by atoms with van der Waals surface area (Å²) in [6, 6.07) is 0. The normalized spacial score (nSPS) is 13.8. The molecule has 0 radical (unpaired) electrons. The summed E-state index contributed by atoms with van der Waals surface area (Å²) in [7, 11) is 0. The molecule has 0 saturated heterocycles. The van der Waals surface area contributed by atoms with E-state index in [-0.39, 0.29) is 11.9 Å². The van der Waals surface area contributed by atoms with Crippen molar-refractivity contribution in [1.82, 2.24) is 9.78 Å². The van der Waals surface area contributed by atoms with Crippen LogP contribution in [0.4, 0.5) is 13.2 Å². The molecule has 1 atom stereocenters. The Morgan fingerprint density at radius 2 is 1.84 bits per heavy atom. The third-order valence-electron chi connectivity index (χ3n) is 3.12. The van der Waals surface area contributed by atoms with Crippen LogP contribution in [0.2, 0.25) is 0 Å². The fraction of sp³-hybridized carbons (Fsp3) is 0.769. The van der Waals surface area contributed by atoms with Gasteiger partial charge in [0, 0.05) is 17.8 Å². The summed E-state index contributed by atoms with van der Waals surface area (Å²) in [5.74, 6) is 0. The van der Waals surface area contributed by atoms with Crippen LogP contribution in [-0.4, -0.2) is 16.0 Å². The Labute approximate surface area is 116 Å². The predicted octanol–water partition coefficient (Wildman–Crippen LogP) is 4.65. The van der Waals surface area contributed by atoms with Crippen LogP contribution < -0.4 is 0 Å². The lowest BCUT2D eigenvalue weighted by Gasteiger charge is -2.12. The van der Waals surface area contributed by atoms with Crippen molar-refractivity contribution in [3.05, 3.63) is 17.0 Å². The SMILES string of the molecule is CCc1nn(CCC(F)(F)F)c(CC)c1C(Cl)CC. The average molecular weight is 297 g/mol. The van der Waals surface area contributed by atoms with Crippen LogP contribution in [0.25, 0.3) is 0 Å². The Morgan fingerprint density at radius 3 is 2.26 bits per heavy atom. The third kappa shape index (κ3) is 4.13. The van der Waals surface area contributed by atoms with E-state index < -0.39 is 12.6 Å². The second-order valence-corrected chi connectivity index (χ2v) is 5.01. The molecule has 0 N–H and O–H groups in total. The summed E-state index contributed by atoms with van der Waals surface area (Å²) < 4.78 is 38.5. The molecule has 0 fully saturated rings. The molecule has 6 heteroatoms. The molecule has 0 aliphatic carbocycles. The highest BCUT2D eigenvalue weighted by molar-refractivity contribution is 6.20. The van der Waals surface area contributed by atoms with Crippen LogP contribution in [0.1, 0.15) is 55.9 Å². The van der Waals surface area contributed by atoms with Gasteiger partial charge in [-0.05, 0) is 19.3 Å². The molecule has 1 rings (SSSR count). The highest BCUT2D eigenvalue weighted by atomic mass is 35.5. The number of aromatic nitrogens is 2. The summed E-state index contributed by atoms with van der Waals surface area (Å²) in [5.41, 5.74) is 2.58. The van der Waals surface area contributed by atoms with E-state index in [0.717, 1.165) is 23.4 Å². The van der Waals surface area contributed by atoms with Crippen molar-refractivity contribution in [2.75, 3.05) is 0 Å². The summed E-state index contributed by atoms with van der Waals surface area (Å²) in [6.45, 7) is 5.69. The number of hydrogen-bond donors (Lipinski definition) is 0. The van der Waals surface area contributed by atoms with Gasteiger partial charge in [0.1, 0.15) is 0 Å². The summed E-state index contributed by atoms with van der Waals surface area (Å²) in [6.07, 6.45) is -2.95. The topological polar surface area (TPSA) is 17.8 Å². The zero-order chi connectivity index (χ0) is 14.6. The molecule has 1 heterocycles. The standard InChI is InChI=1S/C13H20ClF3N2/c1-4-9(14)12-10(5-2)18-19(11(12)6-3)8-7-13(15,16)17/h9H,4-8H2,1-3H3. The minimum absolute atomic E-state index is 0.132. The van der Waals surface area contributed by atoms with Gasteiger partial charge in [-0.1, -0.05) is 20.8 Å². The van der Waals surface area contributed by atoms with Crippen LogP contribution in [0, 0.1) is 0 Å². The van der Waals surface area contributed by atoms with Gasteiger partial charge in [-0.25, -0.2) is 0 Å². The van der Waals surface area contributed by atoms with Gasteiger partial charge in [0.05, 0.1) is 17.5 Å². The van der Waals surface area contributed by atoms with Crippen LogP contribution in [-0.2, 0) is 19.4 Å². The van der Waals surface area contributed by atoms with Crippen molar-refractivity contribution in [1.29, 1.82) is 0 Å². The minimum Gasteiger partial charge on any atom is -0.269 e. The maximum Gasteiger partial charge on any atom is 0.390 e. The lowest BCUT2D eigenvalue weighted by molar-refractivity contribution is -0.137. The quantitative estimate of drug-likeness (QED) is 0.699. The first-order valence-electron chi connectivity index (χ1n) is 6.63. The summed E-state index contributed by atoms with van der Waals surface area (Å²) in [4.78, 5) is 0. The second-order valence-electron chi connectivity index (χ2n) is 4.48. The number of aryl methyl sites for hydroxylation is 2. The van der Waals surface area contributed by atoms with Crippen molar-refractivity contribution >= 4 is 11.6 Å². The van der Waals surface area contributed by atoms with Crippen LogP contribution in [0.5, 0.6) is 0 Å². The van der Waals surface area contributed by atoms with Gasteiger partial charge in [0.2, 0.25) is 0 Å². The highest BCUT2D eigenvalue weighted by Gasteiger charge is 2.28. The van der Waals surface area contributed by atoms with E-state index in [0.29, 0.717) is 12.8 Å². The van der Waals surface area contributed by atoms with Gasteiger partial charge in [-0.2, -0.15) is 18.3 Å². The molecule has 19 heavy (non-hydrogen) atoms. The number of alkyl halides is 4. The van der Waals surface area contributed by atoms with Gasteiger partial charge >= 0.3 is 6.18 Å². The lowest BCUT2D eigenvalue weighted by Crippen LogP contribution is -2.15. The summed E-state index contributed by atoms with van der Waals surface area (Å²) in [5, 5.41) is 4.13. The monoisotopic (exact) mass is 296 g/mol. The van der Waals surface area contributed by atoms with E-state index in [1.54, 1.807) is 0 Å². The number of halogens is 4.